The molecular formula is C23H27N5O2. The van der Waals surface area contributed by atoms with Crippen LogP contribution in [0.2, 0.25) is 0 Å². The maximum absolute atomic E-state index is 12.9. The van der Waals surface area contributed by atoms with Crippen molar-refractivity contribution in [2.75, 3.05) is 24.5 Å². The quantitative estimate of drug-likeness (QED) is 0.672. The summed E-state index contributed by atoms with van der Waals surface area (Å²) in [5, 5.41) is 5.92. The van der Waals surface area contributed by atoms with Crippen LogP contribution in [0.4, 0.5) is 5.82 Å². The Labute approximate surface area is 175 Å². The van der Waals surface area contributed by atoms with Gasteiger partial charge in [0.1, 0.15) is 12.4 Å². The van der Waals surface area contributed by atoms with Crippen molar-refractivity contribution in [3.05, 3.63) is 36.5 Å². The topological polar surface area (TPSA) is 63.4 Å². The zero-order valence-corrected chi connectivity index (χ0v) is 17.4. The van der Waals surface area contributed by atoms with Crippen molar-refractivity contribution in [3.8, 4) is 11.3 Å². The maximum atomic E-state index is 12.9. The number of anilines is 1. The average molecular weight is 406 g/mol. The number of likely N-dealkylation sites (tertiary alicyclic amines) is 1. The summed E-state index contributed by atoms with van der Waals surface area (Å²) in [6.07, 6.45) is 6.89. The van der Waals surface area contributed by atoms with Crippen molar-refractivity contribution in [1.29, 1.82) is 0 Å². The highest BCUT2D eigenvalue weighted by Crippen LogP contribution is 2.33. The van der Waals surface area contributed by atoms with E-state index >= 15 is 0 Å². The molecule has 0 bridgehead atoms. The zero-order chi connectivity index (χ0) is 20.7. The van der Waals surface area contributed by atoms with E-state index in [0.29, 0.717) is 13.0 Å². The van der Waals surface area contributed by atoms with Crippen molar-refractivity contribution in [1.82, 2.24) is 19.2 Å². The number of hydrogen-bond donors (Lipinski definition) is 0. The van der Waals surface area contributed by atoms with Gasteiger partial charge < -0.3 is 9.47 Å². The molecule has 2 aliphatic rings. The van der Waals surface area contributed by atoms with Crippen LogP contribution in [-0.4, -0.2) is 50.7 Å². The molecule has 0 radical (unpaired) electrons. The number of benzene rings is 1. The van der Waals surface area contributed by atoms with Crippen molar-refractivity contribution < 1.29 is 9.59 Å². The summed E-state index contributed by atoms with van der Waals surface area (Å²) < 4.78 is 3.96. The lowest BCUT2D eigenvalue weighted by molar-refractivity contribution is -0.131. The van der Waals surface area contributed by atoms with Gasteiger partial charge in [-0.1, -0.05) is 31.0 Å². The molecular weight excluding hydrogens is 378 g/mol. The lowest BCUT2D eigenvalue weighted by atomic mass is 10.1. The number of para-hydroxylation sites is 1. The van der Waals surface area contributed by atoms with Crippen LogP contribution in [0, 0.1) is 0 Å². The van der Waals surface area contributed by atoms with Gasteiger partial charge in [0.05, 0.1) is 12.2 Å². The minimum absolute atomic E-state index is 0.00459. The second-order valence-electron chi connectivity index (χ2n) is 8.31. The molecule has 156 valence electrons. The van der Waals surface area contributed by atoms with Gasteiger partial charge in [-0.15, -0.1) is 0 Å². The molecule has 0 aliphatic carbocycles. The molecule has 7 nitrogen and oxygen atoms in total. The van der Waals surface area contributed by atoms with Gasteiger partial charge >= 0.3 is 0 Å². The first-order valence-electron chi connectivity index (χ1n) is 10.8. The van der Waals surface area contributed by atoms with Gasteiger partial charge in [-0.2, -0.15) is 5.10 Å². The van der Waals surface area contributed by atoms with E-state index in [1.165, 1.54) is 12.8 Å². The number of fused-ring (bicyclic) bond motifs is 2. The Kier molecular flexibility index (Phi) is 4.81. The largest absolute Gasteiger partial charge is 0.350 e. The third-order valence-corrected chi connectivity index (χ3v) is 6.30. The van der Waals surface area contributed by atoms with E-state index in [4.69, 9.17) is 5.10 Å². The number of aromatic nitrogens is 3. The van der Waals surface area contributed by atoms with Crippen molar-refractivity contribution in [3.63, 3.8) is 0 Å². The standard InChI is InChI=1S/C23H27N5O2/c1-25-15-18(17-8-4-5-9-20(17)25)19-14-21-27(22(29)10-13-28(21)24-19)16-23(30)26-11-6-2-3-7-12-26/h4-5,8-9,14-15H,2-3,6-7,10-13,16H2,1H3. The molecule has 2 aliphatic heterocycles. The molecule has 0 N–H and O–H groups in total. The molecule has 7 heteroatoms. The normalized spacial score (nSPS) is 17.3. The highest BCUT2D eigenvalue weighted by molar-refractivity contribution is 6.00. The van der Waals surface area contributed by atoms with Crippen LogP contribution in [0.1, 0.15) is 32.1 Å². The Morgan fingerprint density at radius 1 is 1.07 bits per heavy atom. The molecule has 30 heavy (non-hydrogen) atoms. The Bertz CT molecular complexity index is 1100. The molecule has 2 amide bonds. The van der Waals surface area contributed by atoms with E-state index in [1.54, 1.807) is 4.90 Å². The first-order valence-corrected chi connectivity index (χ1v) is 10.8. The third-order valence-electron chi connectivity index (χ3n) is 6.30. The molecule has 4 heterocycles. The smallest absolute Gasteiger partial charge is 0.242 e. The Hall–Kier alpha value is -3.09. The van der Waals surface area contributed by atoms with Crippen LogP contribution < -0.4 is 4.90 Å². The van der Waals surface area contributed by atoms with Crippen LogP contribution in [-0.2, 0) is 23.2 Å². The second-order valence-corrected chi connectivity index (χ2v) is 8.31. The number of aryl methyl sites for hydroxylation is 2. The van der Waals surface area contributed by atoms with Gasteiger partial charge in [0.15, 0.2) is 0 Å². The van der Waals surface area contributed by atoms with E-state index in [1.807, 2.05) is 34.8 Å². The summed E-state index contributed by atoms with van der Waals surface area (Å²) in [6, 6.07) is 10.2. The lowest BCUT2D eigenvalue weighted by Crippen LogP contribution is -2.46. The zero-order valence-electron chi connectivity index (χ0n) is 17.4. The summed E-state index contributed by atoms with van der Waals surface area (Å²) in [7, 11) is 2.03. The van der Waals surface area contributed by atoms with Gasteiger partial charge in [-0.25, -0.2) is 4.68 Å². The molecule has 3 aromatic rings. The minimum Gasteiger partial charge on any atom is -0.350 e. The van der Waals surface area contributed by atoms with Gasteiger partial charge in [-0.3, -0.25) is 14.5 Å². The van der Waals surface area contributed by atoms with Crippen LogP contribution in [0.3, 0.4) is 0 Å². The first-order chi connectivity index (χ1) is 14.6. The average Bonchev–Trinajstić information content (AvgIpc) is 3.20. The highest BCUT2D eigenvalue weighted by atomic mass is 16.2. The number of carbonyl (C=O) groups is 2. The molecule has 5 rings (SSSR count). The van der Waals surface area contributed by atoms with Gasteiger partial charge in [0.2, 0.25) is 11.8 Å². The fraction of sp³-hybridized carbons (Fsp3) is 0.435. The van der Waals surface area contributed by atoms with Gasteiger partial charge in [0, 0.05) is 55.3 Å². The number of rotatable bonds is 3. The molecule has 1 fully saturated rings. The Morgan fingerprint density at radius 3 is 2.63 bits per heavy atom. The van der Waals surface area contributed by atoms with Crippen LogP contribution >= 0.6 is 0 Å². The summed E-state index contributed by atoms with van der Waals surface area (Å²) >= 11 is 0. The van der Waals surface area contributed by atoms with Crippen molar-refractivity contribution in [2.24, 2.45) is 7.05 Å². The molecule has 0 unspecified atom stereocenters. The van der Waals surface area contributed by atoms with E-state index in [-0.39, 0.29) is 18.4 Å². The van der Waals surface area contributed by atoms with E-state index < -0.39 is 0 Å². The maximum Gasteiger partial charge on any atom is 0.242 e. The van der Waals surface area contributed by atoms with E-state index in [9.17, 15) is 9.59 Å². The number of amides is 2. The molecule has 1 aromatic carbocycles. The summed E-state index contributed by atoms with van der Waals surface area (Å²) in [4.78, 5) is 29.2. The first kappa shape index (κ1) is 18.9. The SMILES string of the molecule is Cn1cc(-c2cc3n(n2)CCC(=O)N3CC(=O)N2CCCCCC2)c2ccccc21. The summed E-state index contributed by atoms with van der Waals surface area (Å²) in [5.74, 6) is 0.749. The van der Waals surface area contributed by atoms with E-state index in [0.717, 1.165) is 53.9 Å². The van der Waals surface area contributed by atoms with Crippen LogP contribution in [0.15, 0.2) is 36.5 Å². The molecule has 2 aromatic heterocycles. The third kappa shape index (κ3) is 3.28. The monoisotopic (exact) mass is 405 g/mol. The number of carbonyl (C=O) groups excluding carboxylic acids is 2. The number of nitrogens with zero attached hydrogens (tertiary/aromatic N) is 5. The van der Waals surface area contributed by atoms with Crippen molar-refractivity contribution >= 4 is 28.5 Å². The molecule has 0 saturated carbocycles. The molecule has 0 spiro atoms. The fourth-order valence-corrected chi connectivity index (χ4v) is 4.65. The predicted octanol–water partition coefficient (Wildman–Crippen LogP) is 3.18. The Morgan fingerprint density at radius 2 is 1.83 bits per heavy atom. The van der Waals surface area contributed by atoms with Gasteiger partial charge in [0.25, 0.3) is 0 Å². The second kappa shape index (κ2) is 7.63. The summed E-state index contributed by atoms with van der Waals surface area (Å²) in [6.45, 7) is 2.23. The fourth-order valence-electron chi connectivity index (χ4n) is 4.65. The highest BCUT2D eigenvalue weighted by Gasteiger charge is 2.30. The van der Waals surface area contributed by atoms with E-state index in [2.05, 4.69) is 22.9 Å². The number of hydrogen-bond acceptors (Lipinski definition) is 3. The molecule has 1 saturated heterocycles. The lowest BCUT2D eigenvalue weighted by Gasteiger charge is -2.29. The molecule has 0 atom stereocenters. The van der Waals surface area contributed by atoms with Crippen LogP contribution in [0.25, 0.3) is 22.2 Å². The Balaban J connectivity index is 1.46. The minimum atomic E-state index is -0.00459. The van der Waals surface area contributed by atoms with Gasteiger partial charge in [-0.05, 0) is 18.9 Å². The van der Waals surface area contributed by atoms with Crippen molar-refractivity contribution in [2.45, 2.75) is 38.6 Å². The predicted molar refractivity (Wildman–Crippen MR) is 116 cm³/mol. The van der Waals surface area contributed by atoms with Crippen LogP contribution in [0.5, 0.6) is 0 Å². The summed E-state index contributed by atoms with van der Waals surface area (Å²) in [5.41, 5.74) is 3.02.